The number of nitrogens with one attached hydrogen (secondary N) is 1. The van der Waals surface area contributed by atoms with Crippen LogP contribution in [0.15, 0.2) is 67.5 Å². The molecule has 0 bridgehead atoms. The maximum atomic E-state index is 12.2. The summed E-state index contributed by atoms with van der Waals surface area (Å²) >= 11 is 0. The molecule has 1 heterocycles. The maximum Gasteiger partial charge on any atom is 0.262 e. The van der Waals surface area contributed by atoms with Crippen LogP contribution in [0.3, 0.4) is 0 Å². The number of imidazole rings is 1. The highest BCUT2D eigenvalue weighted by Crippen LogP contribution is 2.10. The maximum absolute atomic E-state index is 12.2. The standard InChI is InChI=1S/C19H19N3O/c1-2-21-15-22(18-11-7-6-10-17(18)21)14-19(23)20-13-12-16-8-4-3-5-9-16/h2-11,15H,1,12-14H2/p+1. The molecule has 1 aromatic heterocycles. The van der Waals surface area contributed by atoms with E-state index in [1.54, 1.807) is 6.20 Å². The zero-order chi connectivity index (χ0) is 16.1. The fourth-order valence-corrected chi connectivity index (χ4v) is 2.67. The Morgan fingerprint density at radius 2 is 1.87 bits per heavy atom. The van der Waals surface area contributed by atoms with E-state index in [1.807, 2.05) is 57.9 Å². The fourth-order valence-electron chi connectivity index (χ4n) is 2.67. The van der Waals surface area contributed by atoms with E-state index in [0.29, 0.717) is 13.1 Å². The van der Waals surface area contributed by atoms with Crippen molar-refractivity contribution in [2.24, 2.45) is 0 Å². The van der Waals surface area contributed by atoms with E-state index in [2.05, 4.69) is 24.0 Å². The van der Waals surface area contributed by atoms with Crippen LogP contribution in [0.5, 0.6) is 0 Å². The van der Waals surface area contributed by atoms with Crippen LogP contribution in [0.4, 0.5) is 0 Å². The molecule has 0 aliphatic carbocycles. The summed E-state index contributed by atoms with van der Waals surface area (Å²) in [4.78, 5) is 12.2. The number of carbonyl (C=O) groups is 1. The van der Waals surface area contributed by atoms with Gasteiger partial charge in [0.2, 0.25) is 6.33 Å². The molecule has 1 N–H and O–H groups in total. The first kappa shape index (κ1) is 15.0. The Kier molecular flexibility index (Phi) is 4.52. The molecule has 1 amide bonds. The lowest BCUT2D eigenvalue weighted by molar-refractivity contribution is -0.658. The van der Waals surface area contributed by atoms with Gasteiger partial charge in [-0.2, -0.15) is 0 Å². The summed E-state index contributed by atoms with van der Waals surface area (Å²) in [5.74, 6) is 0.0119. The molecule has 23 heavy (non-hydrogen) atoms. The van der Waals surface area contributed by atoms with Gasteiger partial charge in [-0.1, -0.05) is 49.0 Å². The summed E-state index contributed by atoms with van der Waals surface area (Å²) in [6.45, 7) is 4.75. The summed E-state index contributed by atoms with van der Waals surface area (Å²) in [6.07, 6.45) is 4.48. The monoisotopic (exact) mass is 306 g/mol. The number of carbonyl (C=O) groups excluding carboxylic acids is 1. The van der Waals surface area contributed by atoms with Crippen molar-refractivity contribution in [1.82, 2.24) is 9.88 Å². The molecule has 3 rings (SSSR count). The Bertz CT molecular complexity index is 821. The van der Waals surface area contributed by atoms with Crippen LogP contribution in [-0.2, 0) is 17.8 Å². The van der Waals surface area contributed by atoms with Crippen molar-refractivity contribution < 1.29 is 9.36 Å². The number of aromatic nitrogens is 2. The van der Waals surface area contributed by atoms with E-state index in [4.69, 9.17) is 0 Å². The number of benzene rings is 2. The predicted molar refractivity (Wildman–Crippen MR) is 91.7 cm³/mol. The Morgan fingerprint density at radius 3 is 2.65 bits per heavy atom. The van der Waals surface area contributed by atoms with Crippen molar-refractivity contribution in [3.63, 3.8) is 0 Å². The minimum absolute atomic E-state index is 0.0119. The number of fused-ring (bicyclic) bond motifs is 1. The molecule has 2 aromatic carbocycles. The van der Waals surface area contributed by atoms with Crippen molar-refractivity contribution in [3.05, 3.63) is 73.1 Å². The van der Waals surface area contributed by atoms with Gasteiger partial charge in [0.15, 0.2) is 17.6 Å². The lowest BCUT2D eigenvalue weighted by Gasteiger charge is -2.04. The molecular weight excluding hydrogens is 286 g/mol. The SMILES string of the molecule is C=Cn1c[n+](CC(=O)NCCc2ccccc2)c2ccccc21. The van der Waals surface area contributed by atoms with Crippen LogP contribution in [0.2, 0.25) is 0 Å². The summed E-state index contributed by atoms with van der Waals surface area (Å²) in [6, 6.07) is 18.1. The predicted octanol–water partition coefficient (Wildman–Crippen LogP) is 2.39. The number of rotatable bonds is 6. The Balaban J connectivity index is 1.63. The smallest absolute Gasteiger partial charge is 0.262 e. The molecule has 0 aliphatic rings. The Hall–Kier alpha value is -2.88. The third kappa shape index (κ3) is 3.48. The molecule has 0 spiro atoms. The first-order valence-electron chi connectivity index (χ1n) is 7.70. The summed E-state index contributed by atoms with van der Waals surface area (Å²) in [5, 5.41) is 2.98. The van der Waals surface area contributed by atoms with Crippen LogP contribution in [-0.4, -0.2) is 17.0 Å². The minimum Gasteiger partial charge on any atom is -0.352 e. The van der Waals surface area contributed by atoms with Crippen molar-refractivity contribution in [3.8, 4) is 0 Å². The van der Waals surface area contributed by atoms with Gasteiger partial charge in [0.1, 0.15) is 0 Å². The normalized spacial score (nSPS) is 10.6. The molecule has 3 aromatic rings. The lowest BCUT2D eigenvalue weighted by Crippen LogP contribution is -2.42. The molecule has 0 aliphatic heterocycles. The highest BCUT2D eigenvalue weighted by atomic mass is 16.1. The molecular formula is C19H20N3O+. The number of hydrogen-bond acceptors (Lipinski definition) is 1. The first-order valence-corrected chi connectivity index (χ1v) is 7.70. The second kappa shape index (κ2) is 6.92. The van der Waals surface area contributed by atoms with Crippen LogP contribution in [0.25, 0.3) is 17.2 Å². The summed E-state index contributed by atoms with van der Waals surface area (Å²) < 4.78 is 3.86. The minimum atomic E-state index is 0.0119. The van der Waals surface area contributed by atoms with E-state index < -0.39 is 0 Å². The van der Waals surface area contributed by atoms with Gasteiger partial charge in [0.25, 0.3) is 5.91 Å². The molecule has 116 valence electrons. The summed E-state index contributed by atoms with van der Waals surface area (Å²) in [5.41, 5.74) is 3.29. The fraction of sp³-hybridized carbons (Fsp3) is 0.158. The lowest BCUT2D eigenvalue weighted by atomic mass is 10.1. The number of hydrogen-bond donors (Lipinski definition) is 1. The van der Waals surface area contributed by atoms with Gasteiger partial charge in [-0.3, -0.25) is 4.79 Å². The van der Waals surface area contributed by atoms with Crippen molar-refractivity contribution in [2.75, 3.05) is 6.54 Å². The molecule has 0 saturated heterocycles. The van der Waals surface area contributed by atoms with Crippen LogP contribution >= 0.6 is 0 Å². The largest absolute Gasteiger partial charge is 0.352 e. The number of amides is 1. The van der Waals surface area contributed by atoms with Crippen molar-refractivity contribution >= 4 is 23.1 Å². The van der Waals surface area contributed by atoms with E-state index in [1.165, 1.54) is 5.56 Å². The molecule has 0 radical (unpaired) electrons. The van der Waals surface area contributed by atoms with Crippen LogP contribution < -0.4 is 9.88 Å². The van der Waals surface area contributed by atoms with Gasteiger partial charge < -0.3 is 5.32 Å². The van der Waals surface area contributed by atoms with E-state index in [9.17, 15) is 4.79 Å². The van der Waals surface area contributed by atoms with Crippen molar-refractivity contribution in [2.45, 2.75) is 13.0 Å². The third-order valence-corrected chi connectivity index (χ3v) is 3.82. The second-order valence-electron chi connectivity index (χ2n) is 5.41. The molecule has 4 heteroatoms. The topological polar surface area (TPSA) is 37.9 Å². The molecule has 0 atom stereocenters. The van der Waals surface area contributed by atoms with E-state index in [-0.39, 0.29) is 5.91 Å². The van der Waals surface area contributed by atoms with Gasteiger partial charge in [0.05, 0.1) is 6.20 Å². The van der Waals surface area contributed by atoms with Crippen LogP contribution in [0, 0.1) is 0 Å². The molecule has 0 fully saturated rings. The second-order valence-corrected chi connectivity index (χ2v) is 5.41. The van der Waals surface area contributed by atoms with Crippen molar-refractivity contribution in [1.29, 1.82) is 0 Å². The molecule has 0 unspecified atom stereocenters. The first-order chi connectivity index (χ1) is 11.3. The van der Waals surface area contributed by atoms with Gasteiger partial charge >= 0.3 is 0 Å². The van der Waals surface area contributed by atoms with E-state index in [0.717, 1.165) is 17.5 Å². The molecule has 0 saturated carbocycles. The van der Waals surface area contributed by atoms with Gasteiger partial charge in [-0.15, -0.1) is 0 Å². The molecule has 4 nitrogen and oxygen atoms in total. The summed E-state index contributed by atoms with van der Waals surface area (Å²) in [7, 11) is 0. The number of nitrogens with zero attached hydrogens (tertiary/aromatic N) is 2. The highest BCUT2D eigenvalue weighted by molar-refractivity contribution is 5.77. The van der Waals surface area contributed by atoms with Crippen LogP contribution in [0.1, 0.15) is 5.56 Å². The Morgan fingerprint density at radius 1 is 1.13 bits per heavy atom. The average molecular weight is 306 g/mol. The highest BCUT2D eigenvalue weighted by Gasteiger charge is 2.15. The number of para-hydroxylation sites is 2. The van der Waals surface area contributed by atoms with Gasteiger partial charge in [0, 0.05) is 6.54 Å². The van der Waals surface area contributed by atoms with Gasteiger partial charge in [-0.25, -0.2) is 9.13 Å². The average Bonchev–Trinajstić information content (AvgIpc) is 2.94. The quantitative estimate of drug-likeness (QED) is 0.698. The zero-order valence-electron chi connectivity index (χ0n) is 13.0. The van der Waals surface area contributed by atoms with Gasteiger partial charge in [-0.05, 0) is 24.1 Å². The Labute approximate surface area is 135 Å². The van der Waals surface area contributed by atoms with E-state index >= 15 is 0 Å². The third-order valence-electron chi connectivity index (χ3n) is 3.82. The zero-order valence-corrected chi connectivity index (χ0v) is 13.0.